The molecule has 1 amide bonds. The van der Waals surface area contributed by atoms with Gasteiger partial charge in [-0.05, 0) is 25.5 Å². The summed E-state index contributed by atoms with van der Waals surface area (Å²) in [6, 6.07) is 0. The third-order valence-electron chi connectivity index (χ3n) is 1.74. The Hall–Kier alpha value is -1.71. The van der Waals surface area contributed by atoms with Crippen LogP contribution in [0.2, 0.25) is 0 Å². The Balaban J connectivity index is 2.74. The molecule has 13 heavy (non-hydrogen) atoms. The molecule has 0 aromatic heterocycles. The summed E-state index contributed by atoms with van der Waals surface area (Å²) >= 11 is 0. The van der Waals surface area contributed by atoms with Gasteiger partial charge in [0.05, 0.1) is 0 Å². The fraction of sp³-hybridized carbons (Fsp3) is 0.222. The minimum atomic E-state index is -0.810. The average molecular weight is 180 g/mol. The van der Waals surface area contributed by atoms with Crippen LogP contribution in [-0.2, 0) is 4.74 Å². The van der Waals surface area contributed by atoms with Crippen molar-refractivity contribution >= 4 is 6.09 Å². The van der Waals surface area contributed by atoms with E-state index in [1.165, 1.54) is 0 Å². The van der Waals surface area contributed by atoms with Crippen molar-refractivity contribution in [2.24, 2.45) is 5.73 Å². The van der Waals surface area contributed by atoms with E-state index in [2.05, 4.69) is 5.32 Å². The number of ether oxygens (including phenoxy) is 1. The third kappa shape index (κ3) is 2.66. The van der Waals surface area contributed by atoms with Crippen molar-refractivity contribution in [2.45, 2.75) is 13.8 Å². The van der Waals surface area contributed by atoms with Gasteiger partial charge in [0, 0.05) is 11.9 Å². The Bertz CT molecular complexity index is 314. The van der Waals surface area contributed by atoms with Gasteiger partial charge in [-0.3, -0.25) is 0 Å². The number of carbonyl (C=O) groups is 1. The molecule has 1 rings (SSSR count). The van der Waals surface area contributed by atoms with Gasteiger partial charge in [0.15, 0.2) is 0 Å². The molecule has 0 unspecified atom stereocenters. The molecular weight excluding hydrogens is 168 g/mol. The van der Waals surface area contributed by atoms with Gasteiger partial charge < -0.3 is 15.8 Å². The first-order chi connectivity index (χ1) is 6.09. The first-order valence-electron chi connectivity index (χ1n) is 3.89. The summed E-state index contributed by atoms with van der Waals surface area (Å²) in [6.45, 7) is 3.89. The van der Waals surface area contributed by atoms with E-state index in [0.29, 0.717) is 5.76 Å². The first-order valence-corrected chi connectivity index (χ1v) is 3.89. The molecule has 3 N–H and O–H groups in total. The number of allylic oxidation sites excluding steroid dienone is 4. The molecule has 0 aromatic carbocycles. The fourth-order valence-corrected chi connectivity index (χ4v) is 0.853. The van der Waals surface area contributed by atoms with Crippen molar-refractivity contribution in [1.82, 2.24) is 5.32 Å². The van der Waals surface area contributed by atoms with Crippen LogP contribution in [0.5, 0.6) is 0 Å². The molecule has 0 aliphatic carbocycles. The highest BCUT2D eigenvalue weighted by Crippen LogP contribution is 2.10. The van der Waals surface area contributed by atoms with Crippen molar-refractivity contribution in [3.8, 4) is 0 Å². The van der Waals surface area contributed by atoms with E-state index in [9.17, 15) is 4.79 Å². The van der Waals surface area contributed by atoms with Crippen molar-refractivity contribution in [3.63, 3.8) is 0 Å². The van der Waals surface area contributed by atoms with Crippen LogP contribution in [0.25, 0.3) is 0 Å². The summed E-state index contributed by atoms with van der Waals surface area (Å²) in [5.41, 5.74) is 6.96. The summed E-state index contributed by atoms with van der Waals surface area (Å²) in [5, 5.41) is 2.97. The van der Waals surface area contributed by atoms with Gasteiger partial charge in [0.2, 0.25) is 0 Å². The van der Waals surface area contributed by atoms with E-state index >= 15 is 0 Å². The molecule has 1 heterocycles. The van der Waals surface area contributed by atoms with Crippen molar-refractivity contribution < 1.29 is 9.53 Å². The van der Waals surface area contributed by atoms with Crippen LogP contribution in [0.1, 0.15) is 13.8 Å². The van der Waals surface area contributed by atoms with E-state index < -0.39 is 6.09 Å². The molecule has 0 aromatic rings. The highest BCUT2D eigenvalue weighted by molar-refractivity contribution is 5.66. The zero-order valence-electron chi connectivity index (χ0n) is 7.63. The number of primary amides is 1. The predicted octanol–water partition coefficient (Wildman–Crippen LogP) is 1.38. The molecule has 0 saturated heterocycles. The number of amides is 1. The van der Waals surface area contributed by atoms with E-state index in [-0.39, 0.29) is 0 Å². The number of hydrogen-bond donors (Lipinski definition) is 2. The van der Waals surface area contributed by atoms with Crippen molar-refractivity contribution in [3.05, 3.63) is 35.4 Å². The largest absolute Gasteiger partial charge is 0.410 e. The highest BCUT2D eigenvalue weighted by Gasteiger charge is 2.02. The van der Waals surface area contributed by atoms with Crippen LogP contribution in [-0.4, -0.2) is 6.09 Å². The minimum absolute atomic E-state index is 0.406. The smallest absolute Gasteiger partial charge is 0.409 e. The van der Waals surface area contributed by atoms with E-state index in [1.54, 1.807) is 12.3 Å². The quantitative estimate of drug-likeness (QED) is 0.640. The topological polar surface area (TPSA) is 64.3 Å². The second kappa shape index (κ2) is 3.80. The minimum Gasteiger partial charge on any atom is -0.409 e. The van der Waals surface area contributed by atoms with Gasteiger partial charge in [0.25, 0.3) is 0 Å². The maximum Gasteiger partial charge on any atom is 0.410 e. The monoisotopic (exact) mass is 180 g/mol. The summed E-state index contributed by atoms with van der Waals surface area (Å²) < 4.78 is 4.69. The standard InChI is InChI=1S/C9H12N2O2/c1-6-3-4-8(13-9(10)12)5-11-7(6)2/h3-5,11H,1-2H3,(H2,10,12). The number of hydrogen-bond acceptors (Lipinski definition) is 3. The first kappa shape index (κ1) is 9.38. The molecule has 0 atom stereocenters. The Morgan fingerprint density at radius 3 is 2.77 bits per heavy atom. The second-order valence-electron chi connectivity index (χ2n) is 2.75. The zero-order chi connectivity index (χ0) is 9.84. The van der Waals surface area contributed by atoms with Crippen LogP contribution in [0.4, 0.5) is 4.79 Å². The SMILES string of the molecule is CC1=C(C)NC=C(OC(N)=O)C=C1. The van der Waals surface area contributed by atoms with Gasteiger partial charge >= 0.3 is 6.09 Å². The number of carbonyl (C=O) groups excluding carboxylic acids is 1. The lowest BCUT2D eigenvalue weighted by Crippen LogP contribution is -2.13. The third-order valence-corrected chi connectivity index (χ3v) is 1.74. The van der Waals surface area contributed by atoms with E-state index in [0.717, 1.165) is 11.3 Å². The lowest BCUT2D eigenvalue weighted by atomic mass is 10.2. The number of rotatable bonds is 1. The predicted molar refractivity (Wildman–Crippen MR) is 49.4 cm³/mol. The lowest BCUT2D eigenvalue weighted by Gasteiger charge is -2.01. The molecule has 70 valence electrons. The van der Waals surface area contributed by atoms with Gasteiger partial charge in [-0.2, -0.15) is 0 Å². The summed E-state index contributed by atoms with van der Waals surface area (Å²) in [5.74, 6) is 0.406. The molecule has 1 aliphatic heterocycles. The van der Waals surface area contributed by atoms with Crippen LogP contribution >= 0.6 is 0 Å². The van der Waals surface area contributed by atoms with Gasteiger partial charge in [0.1, 0.15) is 5.76 Å². The summed E-state index contributed by atoms with van der Waals surface area (Å²) in [7, 11) is 0. The van der Waals surface area contributed by atoms with Crippen LogP contribution in [0.3, 0.4) is 0 Å². The molecule has 4 heteroatoms. The van der Waals surface area contributed by atoms with Crippen molar-refractivity contribution in [2.75, 3.05) is 0 Å². The maximum absolute atomic E-state index is 10.4. The maximum atomic E-state index is 10.4. The summed E-state index contributed by atoms with van der Waals surface area (Å²) in [4.78, 5) is 10.4. The van der Waals surface area contributed by atoms with Crippen molar-refractivity contribution in [1.29, 1.82) is 0 Å². The zero-order valence-corrected chi connectivity index (χ0v) is 7.63. The molecular formula is C9H12N2O2. The Labute approximate surface area is 76.7 Å². The number of nitrogens with two attached hydrogens (primary N) is 1. The number of nitrogens with one attached hydrogen (secondary N) is 1. The van der Waals surface area contributed by atoms with Gasteiger partial charge in [-0.25, -0.2) is 4.79 Å². The van der Waals surface area contributed by atoms with E-state index in [4.69, 9.17) is 10.5 Å². The Kier molecular flexibility index (Phi) is 2.74. The molecule has 0 saturated carbocycles. The van der Waals surface area contributed by atoms with Crippen LogP contribution < -0.4 is 11.1 Å². The van der Waals surface area contributed by atoms with Crippen LogP contribution in [0, 0.1) is 0 Å². The molecule has 0 radical (unpaired) electrons. The highest BCUT2D eigenvalue weighted by atomic mass is 16.5. The lowest BCUT2D eigenvalue weighted by molar-refractivity contribution is 0.189. The molecule has 0 spiro atoms. The molecule has 0 fully saturated rings. The van der Waals surface area contributed by atoms with Gasteiger partial charge in [-0.1, -0.05) is 6.08 Å². The molecule has 1 aliphatic rings. The van der Waals surface area contributed by atoms with Gasteiger partial charge in [-0.15, -0.1) is 0 Å². The average Bonchev–Trinajstić information content (AvgIpc) is 2.19. The van der Waals surface area contributed by atoms with E-state index in [1.807, 2.05) is 19.9 Å². The normalized spacial score (nSPS) is 16.0. The molecule has 4 nitrogen and oxygen atoms in total. The molecule has 0 bridgehead atoms. The summed E-state index contributed by atoms with van der Waals surface area (Å²) in [6.07, 6.45) is 4.32. The second-order valence-corrected chi connectivity index (χ2v) is 2.75. The Morgan fingerprint density at radius 2 is 2.15 bits per heavy atom. The Morgan fingerprint density at radius 1 is 1.46 bits per heavy atom. The van der Waals surface area contributed by atoms with Crippen LogP contribution in [0.15, 0.2) is 35.4 Å². The fourth-order valence-electron chi connectivity index (χ4n) is 0.853.